The zero-order chi connectivity index (χ0) is 20.5. The summed E-state index contributed by atoms with van der Waals surface area (Å²) >= 11 is 0. The Balaban J connectivity index is 1.60. The maximum Gasteiger partial charge on any atom is 0.344 e. The fourth-order valence-electron chi connectivity index (χ4n) is 2.87. The van der Waals surface area contributed by atoms with Crippen LogP contribution in [0.4, 0.5) is 0 Å². The third kappa shape index (κ3) is 6.18. The van der Waals surface area contributed by atoms with Crippen LogP contribution in [-0.4, -0.2) is 23.0 Å². The summed E-state index contributed by atoms with van der Waals surface area (Å²) in [6.45, 7) is 0. The Labute approximate surface area is 170 Å². The van der Waals surface area contributed by atoms with Crippen molar-refractivity contribution < 1.29 is 19.4 Å². The van der Waals surface area contributed by atoms with E-state index in [0.29, 0.717) is 24.2 Å². The van der Waals surface area contributed by atoms with E-state index in [1.807, 2.05) is 60.7 Å². The van der Waals surface area contributed by atoms with Gasteiger partial charge < -0.3 is 9.84 Å². The van der Waals surface area contributed by atoms with Gasteiger partial charge in [0.25, 0.3) is 0 Å². The van der Waals surface area contributed by atoms with Gasteiger partial charge in [0.15, 0.2) is 11.9 Å². The Bertz CT molecular complexity index is 961. The van der Waals surface area contributed by atoms with Gasteiger partial charge >= 0.3 is 5.97 Å². The number of hydrogen-bond acceptors (Lipinski definition) is 3. The lowest BCUT2D eigenvalue weighted by atomic mass is 10.1. The number of benzene rings is 3. The predicted molar refractivity (Wildman–Crippen MR) is 113 cm³/mol. The van der Waals surface area contributed by atoms with Gasteiger partial charge in [0.1, 0.15) is 5.75 Å². The fourth-order valence-corrected chi connectivity index (χ4v) is 2.87. The molecule has 0 spiro atoms. The molecule has 0 aliphatic carbocycles. The van der Waals surface area contributed by atoms with Crippen molar-refractivity contribution in [2.45, 2.75) is 18.9 Å². The highest BCUT2D eigenvalue weighted by Gasteiger charge is 2.19. The third-order valence-corrected chi connectivity index (χ3v) is 4.46. The van der Waals surface area contributed by atoms with E-state index in [0.717, 1.165) is 11.1 Å². The SMILES string of the molecule is O=C(/C=C/c1ccccc1)c1ccc(OC(CCc2ccccc2)C(=O)O)cc1. The normalized spacial score (nSPS) is 11.9. The Hall–Kier alpha value is -3.66. The number of carbonyl (C=O) groups excluding carboxylic acids is 1. The summed E-state index contributed by atoms with van der Waals surface area (Å²) in [5, 5.41) is 9.45. The van der Waals surface area contributed by atoms with Gasteiger partial charge in [-0.15, -0.1) is 0 Å². The van der Waals surface area contributed by atoms with E-state index in [1.54, 1.807) is 30.3 Å². The van der Waals surface area contributed by atoms with Crippen molar-refractivity contribution in [2.75, 3.05) is 0 Å². The lowest BCUT2D eigenvalue weighted by molar-refractivity contribution is -0.145. The summed E-state index contributed by atoms with van der Waals surface area (Å²) in [6.07, 6.45) is 3.30. The van der Waals surface area contributed by atoms with Gasteiger partial charge in [0.2, 0.25) is 0 Å². The molecule has 0 aliphatic rings. The highest BCUT2D eigenvalue weighted by molar-refractivity contribution is 6.06. The molecule has 146 valence electrons. The molecule has 29 heavy (non-hydrogen) atoms. The topological polar surface area (TPSA) is 63.6 Å². The van der Waals surface area contributed by atoms with Gasteiger partial charge in [-0.3, -0.25) is 4.79 Å². The molecule has 3 aromatic rings. The molecule has 0 aliphatic heterocycles. The second kappa shape index (κ2) is 10.0. The Morgan fingerprint density at radius 3 is 2.10 bits per heavy atom. The molecule has 0 aromatic heterocycles. The van der Waals surface area contributed by atoms with Gasteiger partial charge in [0.05, 0.1) is 0 Å². The molecular formula is C25H22O4. The molecule has 1 N–H and O–H groups in total. The number of carboxylic acid groups (broad SMARTS) is 1. The zero-order valence-corrected chi connectivity index (χ0v) is 15.9. The molecule has 0 bridgehead atoms. The number of allylic oxidation sites excluding steroid dienone is 1. The molecule has 0 amide bonds. The first kappa shape index (κ1) is 20.1. The van der Waals surface area contributed by atoms with Crippen LogP contribution in [0.5, 0.6) is 5.75 Å². The molecule has 4 heteroatoms. The van der Waals surface area contributed by atoms with Crippen LogP contribution in [0.15, 0.2) is 91.0 Å². The zero-order valence-electron chi connectivity index (χ0n) is 15.9. The Morgan fingerprint density at radius 2 is 1.48 bits per heavy atom. The molecule has 0 saturated heterocycles. The number of hydrogen-bond donors (Lipinski definition) is 1. The summed E-state index contributed by atoms with van der Waals surface area (Å²) in [4.78, 5) is 23.8. The fraction of sp³-hybridized carbons (Fsp3) is 0.120. The van der Waals surface area contributed by atoms with Crippen LogP contribution in [0.25, 0.3) is 6.08 Å². The predicted octanol–water partition coefficient (Wildman–Crippen LogP) is 5.05. The standard InChI is InChI=1S/C25H22O4/c26-23(17-11-19-7-3-1-4-8-19)21-13-15-22(16-14-21)29-24(25(27)28)18-12-20-9-5-2-6-10-20/h1-11,13-17,24H,12,18H2,(H,27,28)/b17-11+. The Morgan fingerprint density at radius 1 is 0.862 bits per heavy atom. The maximum atomic E-state index is 12.3. The van der Waals surface area contributed by atoms with Crippen LogP contribution in [0.1, 0.15) is 27.9 Å². The van der Waals surface area contributed by atoms with E-state index in [-0.39, 0.29) is 5.78 Å². The lowest BCUT2D eigenvalue weighted by Crippen LogP contribution is -2.27. The monoisotopic (exact) mass is 386 g/mol. The van der Waals surface area contributed by atoms with Crippen molar-refractivity contribution in [1.82, 2.24) is 0 Å². The van der Waals surface area contributed by atoms with Crippen LogP contribution in [0.3, 0.4) is 0 Å². The molecule has 4 nitrogen and oxygen atoms in total. The van der Waals surface area contributed by atoms with Crippen LogP contribution in [0, 0.1) is 0 Å². The van der Waals surface area contributed by atoms with E-state index in [4.69, 9.17) is 4.74 Å². The number of carbonyl (C=O) groups is 2. The van der Waals surface area contributed by atoms with Gasteiger partial charge in [-0.1, -0.05) is 66.7 Å². The summed E-state index contributed by atoms with van der Waals surface area (Å²) < 4.78 is 5.63. The van der Waals surface area contributed by atoms with Gasteiger partial charge in [0, 0.05) is 5.56 Å². The van der Waals surface area contributed by atoms with E-state index in [9.17, 15) is 14.7 Å². The van der Waals surface area contributed by atoms with Crippen molar-refractivity contribution in [3.63, 3.8) is 0 Å². The van der Waals surface area contributed by atoms with Crippen molar-refractivity contribution >= 4 is 17.8 Å². The molecule has 0 heterocycles. The lowest BCUT2D eigenvalue weighted by Gasteiger charge is -2.15. The molecule has 0 saturated carbocycles. The second-order valence-corrected chi connectivity index (χ2v) is 6.60. The van der Waals surface area contributed by atoms with Crippen LogP contribution in [0.2, 0.25) is 0 Å². The van der Waals surface area contributed by atoms with Crippen LogP contribution >= 0.6 is 0 Å². The third-order valence-electron chi connectivity index (χ3n) is 4.46. The highest BCUT2D eigenvalue weighted by Crippen LogP contribution is 2.17. The van der Waals surface area contributed by atoms with Crippen molar-refractivity contribution in [3.8, 4) is 5.75 Å². The molecule has 3 aromatic carbocycles. The highest BCUT2D eigenvalue weighted by atomic mass is 16.5. The van der Waals surface area contributed by atoms with Crippen LogP contribution in [-0.2, 0) is 11.2 Å². The van der Waals surface area contributed by atoms with Gasteiger partial charge in [-0.2, -0.15) is 0 Å². The van der Waals surface area contributed by atoms with Crippen LogP contribution < -0.4 is 4.74 Å². The van der Waals surface area contributed by atoms with E-state index >= 15 is 0 Å². The second-order valence-electron chi connectivity index (χ2n) is 6.60. The largest absolute Gasteiger partial charge is 0.479 e. The summed E-state index contributed by atoms with van der Waals surface area (Å²) in [5.41, 5.74) is 2.53. The summed E-state index contributed by atoms with van der Waals surface area (Å²) in [5.74, 6) is -0.708. The maximum absolute atomic E-state index is 12.3. The number of aliphatic carboxylic acids is 1. The first-order valence-corrected chi connectivity index (χ1v) is 9.43. The first-order valence-electron chi connectivity index (χ1n) is 9.43. The van der Waals surface area contributed by atoms with Gasteiger partial charge in [-0.05, 0) is 54.3 Å². The van der Waals surface area contributed by atoms with E-state index < -0.39 is 12.1 Å². The van der Waals surface area contributed by atoms with E-state index in [1.165, 1.54) is 6.08 Å². The molecule has 0 radical (unpaired) electrons. The minimum absolute atomic E-state index is 0.126. The molecule has 0 fully saturated rings. The molecular weight excluding hydrogens is 364 g/mol. The average molecular weight is 386 g/mol. The molecule has 1 atom stereocenters. The number of ketones is 1. The smallest absolute Gasteiger partial charge is 0.344 e. The number of ether oxygens (including phenoxy) is 1. The van der Waals surface area contributed by atoms with Crippen molar-refractivity contribution in [3.05, 3.63) is 108 Å². The van der Waals surface area contributed by atoms with Gasteiger partial charge in [-0.25, -0.2) is 4.79 Å². The summed E-state index contributed by atoms with van der Waals surface area (Å²) in [6, 6.07) is 25.8. The van der Waals surface area contributed by atoms with Crippen molar-refractivity contribution in [1.29, 1.82) is 0 Å². The average Bonchev–Trinajstić information content (AvgIpc) is 2.76. The van der Waals surface area contributed by atoms with E-state index in [2.05, 4.69) is 0 Å². The minimum Gasteiger partial charge on any atom is -0.479 e. The Kier molecular flexibility index (Phi) is 6.95. The molecule has 3 rings (SSSR count). The minimum atomic E-state index is -1.01. The number of aryl methyl sites for hydroxylation is 1. The number of carboxylic acids is 1. The number of rotatable bonds is 9. The summed E-state index contributed by atoms with van der Waals surface area (Å²) in [7, 11) is 0. The molecule has 1 unspecified atom stereocenters. The van der Waals surface area contributed by atoms with Crippen molar-refractivity contribution in [2.24, 2.45) is 0 Å². The first-order chi connectivity index (χ1) is 14.1. The quantitative estimate of drug-likeness (QED) is 0.413.